The van der Waals surface area contributed by atoms with Crippen LogP contribution in [0.4, 0.5) is 9.18 Å². The Kier molecular flexibility index (Phi) is 5.94. The Morgan fingerprint density at radius 3 is 2.48 bits per heavy atom. The Bertz CT molecular complexity index is 570. The highest BCUT2D eigenvalue weighted by atomic mass is 19.1. The zero-order valence-corrected chi connectivity index (χ0v) is 15.0. The maximum Gasteiger partial charge on any atom is 0.317 e. The second-order valence-corrected chi connectivity index (χ2v) is 7.61. The van der Waals surface area contributed by atoms with Crippen LogP contribution in [0.15, 0.2) is 24.3 Å². The van der Waals surface area contributed by atoms with E-state index in [9.17, 15) is 14.3 Å². The highest BCUT2D eigenvalue weighted by Gasteiger charge is 2.32. The standard InChI is InChI=1S/C20H29FN2O2/c1-23(17-11-5-14(13-24)6-12-17)20(25)22-19-4-2-3-18(19)15-7-9-16(21)10-8-15/h7-10,14,17-19,24H,2-6,11-13H2,1H3,(H,22,25). The predicted molar refractivity (Wildman–Crippen MR) is 95.9 cm³/mol. The van der Waals surface area contributed by atoms with Crippen LogP contribution in [-0.2, 0) is 0 Å². The van der Waals surface area contributed by atoms with Crippen LogP contribution in [0.5, 0.6) is 0 Å². The molecule has 2 aliphatic carbocycles. The van der Waals surface area contributed by atoms with E-state index in [0.717, 1.165) is 50.5 Å². The molecule has 1 aromatic rings. The molecule has 2 saturated carbocycles. The van der Waals surface area contributed by atoms with Gasteiger partial charge in [0.2, 0.25) is 0 Å². The van der Waals surface area contributed by atoms with E-state index in [4.69, 9.17) is 0 Å². The molecule has 4 nitrogen and oxygen atoms in total. The van der Waals surface area contributed by atoms with Crippen LogP contribution in [0.1, 0.15) is 56.4 Å². The van der Waals surface area contributed by atoms with E-state index in [1.165, 1.54) is 12.1 Å². The number of hydrogen-bond acceptors (Lipinski definition) is 2. The maximum atomic E-state index is 13.2. The van der Waals surface area contributed by atoms with Crippen molar-refractivity contribution in [2.45, 2.75) is 62.9 Å². The number of amides is 2. The topological polar surface area (TPSA) is 52.6 Å². The van der Waals surface area contributed by atoms with Gasteiger partial charge in [-0.1, -0.05) is 18.6 Å². The van der Waals surface area contributed by atoms with Crippen LogP contribution >= 0.6 is 0 Å². The smallest absolute Gasteiger partial charge is 0.317 e. The van der Waals surface area contributed by atoms with E-state index in [2.05, 4.69) is 5.32 Å². The third-order valence-corrected chi connectivity index (χ3v) is 6.07. The van der Waals surface area contributed by atoms with Gasteiger partial charge in [-0.25, -0.2) is 9.18 Å². The molecule has 0 radical (unpaired) electrons. The van der Waals surface area contributed by atoms with Gasteiger partial charge >= 0.3 is 6.03 Å². The van der Waals surface area contributed by atoms with Gasteiger partial charge in [0, 0.05) is 31.7 Å². The number of aliphatic hydroxyl groups excluding tert-OH is 1. The number of hydrogen-bond donors (Lipinski definition) is 2. The Labute approximate surface area is 149 Å². The van der Waals surface area contributed by atoms with Crippen LogP contribution in [0.25, 0.3) is 0 Å². The van der Waals surface area contributed by atoms with Crippen LogP contribution in [0.3, 0.4) is 0 Å². The largest absolute Gasteiger partial charge is 0.396 e. The number of halogens is 1. The molecule has 2 atom stereocenters. The second-order valence-electron chi connectivity index (χ2n) is 7.61. The summed E-state index contributed by atoms with van der Waals surface area (Å²) in [6.45, 7) is 0.254. The predicted octanol–water partition coefficient (Wildman–Crippen LogP) is 3.65. The van der Waals surface area contributed by atoms with Gasteiger partial charge in [-0.15, -0.1) is 0 Å². The fraction of sp³-hybridized carbons (Fsp3) is 0.650. The first kappa shape index (κ1) is 18.2. The summed E-state index contributed by atoms with van der Waals surface area (Å²) in [5.74, 6) is 0.439. The summed E-state index contributed by atoms with van der Waals surface area (Å²) in [5, 5.41) is 12.5. The number of carbonyl (C=O) groups excluding carboxylic acids is 1. The Morgan fingerprint density at radius 2 is 1.84 bits per heavy atom. The summed E-state index contributed by atoms with van der Waals surface area (Å²) in [5.41, 5.74) is 1.11. The van der Waals surface area contributed by atoms with E-state index in [-0.39, 0.29) is 36.5 Å². The number of aliphatic hydroxyl groups is 1. The normalized spacial score (nSPS) is 29.4. The van der Waals surface area contributed by atoms with Crippen molar-refractivity contribution in [1.29, 1.82) is 0 Å². The number of nitrogens with zero attached hydrogens (tertiary/aromatic N) is 1. The average Bonchev–Trinajstić information content (AvgIpc) is 3.10. The molecular weight excluding hydrogens is 319 g/mol. The minimum Gasteiger partial charge on any atom is -0.396 e. The lowest BCUT2D eigenvalue weighted by atomic mass is 9.86. The lowest BCUT2D eigenvalue weighted by Crippen LogP contribution is -2.48. The number of nitrogens with one attached hydrogen (secondary N) is 1. The summed E-state index contributed by atoms with van der Waals surface area (Å²) >= 11 is 0. The lowest BCUT2D eigenvalue weighted by Gasteiger charge is -2.35. The first-order valence-corrected chi connectivity index (χ1v) is 9.48. The van der Waals surface area contributed by atoms with E-state index in [0.29, 0.717) is 5.92 Å². The molecule has 0 saturated heterocycles. The van der Waals surface area contributed by atoms with Gasteiger partial charge in [0.15, 0.2) is 0 Å². The fourth-order valence-corrected chi connectivity index (χ4v) is 4.38. The molecule has 2 N–H and O–H groups in total. The molecule has 1 aromatic carbocycles. The van der Waals surface area contributed by atoms with Gasteiger partial charge < -0.3 is 15.3 Å². The van der Waals surface area contributed by atoms with Gasteiger partial charge in [-0.05, 0) is 62.1 Å². The Balaban J connectivity index is 1.57. The monoisotopic (exact) mass is 348 g/mol. The summed E-state index contributed by atoms with van der Waals surface area (Å²) in [4.78, 5) is 14.5. The SMILES string of the molecule is CN(C(=O)NC1CCCC1c1ccc(F)cc1)C1CCC(CO)CC1. The van der Waals surface area contributed by atoms with Crippen LogP contribution in [-0.4, -0.2) is 41.8 Å². The quantitative estimate of drug-likeness (QED) is 0.872. The number of rotatable bonds is 4. The third kappa shape index (κ3) is 4.32. The van der Waals surface area contributed by atoms with Gasteiger partial charge in [-0.2, -0.15) is 0 Å². The molecule has 138 valence electrons. The first-order chi connectivity index (χ1) is 12.1. The van der Waals surface area contributed by atoms with E-state index in [1.54, 1.807) is 0 Å². The Hall–Kier alpha value is -1.62. The molecule has 0 heterocycles. The second kappa shape index (κ2) is 8.17. The average molecular weight is 348 g/mol. The molecule has 0 aromatic heterocycles. The zero-order chi connectivity index (χ0) is 17.8. The molecule has 5 heteroatoms. The number of carbonyl (C=O) groups is 1. The third-order valence-electron chi connectivity index (χ3n) is 6.07. The van der Waals surface area contributed by atoms with Crippen molar-refractivity contribution in [3.8, 4) is 0 Å². The van der Waals surface area contributed by atoms with Gasteiger partial charge in [-0.3, -0.25) is 0 Å². The highest BCUT2D eigenvalue weighted by Crippen LogP contribution is 2.35. The van der Waals surface area contributed by atoms with Crippen molar-refractivity contribution in [2.75, 3.05) is 13.7 Å². The molecule has 0 spiro atoms. The molecule has 3 rings (SSSR count). The van der Waals surface area contributed by atoms with E-state index in [1.807, 2.05) is 24.1 Å². The molecule has 2 aliphatic rings. The van der Waals surface area contributed by atoms with Gasteiger partial charge in [0.1, 0.15) is 5.82 Å². The van der Waals surface area contributed by atoms with Crippen molar-refractivity contribution in [3.05, 3.63) is 35.6 Å². The summed E-state index contributed by atoms with van der Waals surface area (Å²) in [6.07, 6.45) is 6.97. The summed E-state index contributed by atoms with van der Waals surface area (Å²) in [7, 11) is 1.88. The molecule has 25 heavy (non-hydrogen) atoms. The van der Waals surface area contributed by atoms with E-state index < -0.39 is 0 Å². The Morgan fingerprint density at radius 1 is 1.16 bits per heavy atom. The number of benzene rings is 1. The van der Waals surface area contributed by atoms with Crippen molar-refractivity contribution < 1.29 is 14.3 Å². The van der Waals surface area contributed by atoms with Crippen molar-refractivity contribution in [3.63, 3.8) is 0 Å². The van der Waals surface area contributed by atoms with Crippen molar-refractivity contribution >= 4 is 6.03 Å². The van der Waals surface area contributed by atoms with Crippen LogP contribution in [0.2, 0.25) is 0 Å². The molecule has 0 bridgehead atoms. The minimum atomic E-state index is -0.222. The molecular formula is C20H29FN2O2. The maximum absolute atomic E-state index is 13.2. The number of urea groups is 1. The summed E-state index contributed by atoms with van der Waals surface area (Å²) in [6, 6.07) is 7.04. The summed E-state index contributed by atoms with van der Waals surface area (Å²) < 4.78 is 13.2. The molecule has 0 aliphatic heterocycles. The van der Waals surface area contributed by atoms with Gasteiger partial charge in [0.05, 0.1) is 0 Å². The first-order valence-electron chi connectivity index (χ1n) is 9.48. The molecule has 2 amide bonds. The van der Waals surface area contributed by atoms with Crippen LogP contribution in [0, 0.1) is 11.7 Å². The lowest BCUT2D eigenvalue weighted by molar-refractivity contribution is 0.132. The minimum absolute atomic E-state index is 0.00791. The van der Waals surface area contributed by atoms with Crippen LogP contribution < -0.4 is 5.32 Å². The molecule has 2 fully saturated rings. The van der Waals surface area contributed by atoms with Crippen molar-refractivity contribution in [2.24, 2.45) is 5.92 Å². The highest BCUT2D eigenvalue weighted by molar-refractivity contribution is 5.74. The van der Waals surface area contributed by atoms with E-state index >= 15 is 0 Å². The fourth-order valence-electron chi connectivity index (χ4n) is 4.38. The van der Waals surface area contributed by atoms with Gasteiger partial charge in [0.25, 0.3) is 0 Å². The molecule has 2 unspecified atom stereocenters. The van der Waals surface area contributed by atoms with Crippen molar-refractivity contribution in [1.82, 2.24) is 10.2 Å². The zero-order valence-electron chi connectivity index (χ0n) is 15.0.